The van der Waals surface area contributed by atoms with Gasteiger partial charge in [0.1, 0.15) is 12.6 Å². The van der Waals surface area contributed by atoms with Gasteiger partial charge in [0.15, 0.2) is 0 Å². The van der Waals surface area contributed by atoms with Crippen molar-refractivity contribution in [3.8, 4) is 11.1 Å². The van der Waals surface area contributed by atoms with Crippen LogP contribution in [0.3, 0.4) is 0 Å². The van der Waals surface area contributed by atoms with Gasteiger partial charge in [0.05, 0.1) is 5.92 Å². The van der Waals surface area contributed by atoms with Crippen LogP contribution in [-0.2, 0) is 14.3 Å². The molecule has 0 aromatic heterocycles. The molecule has 0 bridgehead atoms. The van der Waals surface area contributed by atoms with Crippen molar-refractivity contribution in [2.45, 2.75) is 38.1 Å². The number of fused-ring (bicyclic) bond motifs is 3. The summed E-state index contributed by atoms with van der Waals surface area (Å²) in [5.74, 6) is -0.930. The minimum atomic E-state index is -0.846. The number of carboxylic acid groups (broad SMARTS) is 1. The van der Waals surface area contributed by atoms with E-state index in [4.69, 9.17) is 9.84 Å². The molecular formula is C26H32N2O5S. The number of thioether (sulfide) groups is 1. The number of hydrogen-bond donors (Lipinski definition) is 3. The molecule has 2 aromatic rings. The second-order valence-corrected chi connectivity index (χ2v) is 9.46. The number of nitrogens with one attached hydrogen (secondary N) is 2. The van der Waals surface area contributed by atoms with E-state index < -0.39 is 24.0 Å². The van der Waals surface area contributed by atoms with E-state index in [2.05, 4.69) is 34.9 Å². The summed E-state index contributed by atoms with van der Waals surface area (Å²) in [7, 11) is 0. The monoisotopic (exact) mass is 484 g/mol. The SMILES string of the molecule is CSCC[C@@H](NC(=O)OCC1c2ccccc2-c2ccccc21)C(=O)NCCCC(C)C(=O)O. The van der Waals surface area contributed by atoms with Crippen molar-refractivity contribution in [2.24, 2.45) is 5.92 Å². The van der Waals surface area contributed by atoms with Crippen molar-refractivity contribution in [1.82, 2.24) is 10.6 Å². The van der Waals surface area contributed by atoms with E-state index in [1.165, 1.54) is 0 Å². The lowest BCUT2D eigenvalue weighted by atomic mass is 9.98. The van der Waals surface area contributed by atoms with Crippen LogP contribution in [-0.4, -0.2) is 54.3 Å². The molecular weight excluding hydrogens is 452 g/mol. The number of hydrogen-bond acceptors (Lipinski definition) is 5. The van der Waals surface area contributed by atoms with Gasteiger partial charge in [0.25, 0.3) is 0 Å². The van der Waals surface area contributed by atoms with E-state index >= 15 is 0 Å². The molecule has 0 saturated heterocycles. The number of ether oxygens (including phenoxy) is 1. The maximum absolute atomic E-state index is 12.6. The predicted octanol–water partition coefficient (Wildman–Crippen LogP) is 4.26. The maximum atomic E-state index is 12.6. The summed E-state index contributed by atoms with van der Waals surface area (Å²) >= 11 is 1.59. The largest absolute Gasteiger partial charge is 0.481 e. The minimum absolute atomic E-state index is 0.0483. The summed E-state index contributed by atoms with van der Waals surface area (Å²) in [5.41, 5.74) is 4.57. The summed E-state index contributed by atoms with van der Waals surface area (Å²) in [6, 6.07) is 15.5. The molecule has 0 radical (unpaired) electrons. The fourth-order valence-corrected chi connectivity index (χ4v) is 4.62. The third-order valence-corrected chi connectivity index (χ3v) is 6.74. The Morgan fingerprint density at radius 1 is 1.03 bits per heavy atom. The Bertz CT molecular complexity index is 967. The van der Waals surface area contributed by atoms with Gasteiger partial charge in [-0.15, -0.1) is 0 Å². The van der Waals surface area contributed by atoms with Crippen LogP contribution >= 0.6 is 11.8 Å². The first-order valence-corrected chi connectivity index (χ1v) is 12.9. The Kier molecular flexibility index (Phi) is 9.39. The summed E-state index contributed by atoms with van der Waals surface area (Å²) in [4.78, 5) is 36.2. The Labute approximate surface area is 204 Å². The zero-order valence-electron chi connectivity index (χ0n) is 19.6. The molecule has 0 fully saturated rings. The van der Waals surface area contributed by atoms with Gasteiger partial charge in [0, 0.05) is 12.5 Å². The topological polar surface area (TPSA) is 105 Å². The number of aliphatic carboxylic acids is 1. The molecule has 182 valence electrons. The first kappa shape index (κ1) is 25.6. The number of benzene rings is 2. The minimum Gasteiger partial charge on any atom is -0.481 e. The van der Waals surface area contributed by atoms with Gasteiger partial charge in [-0.25, -0.2) is 4.79 Å². The molecule has 2 aromatic carbocycles. The summed E-state index contributed by atoms with van der Waals surface area (Å²) in [6.07, 6.45) is 2.82. The van der Waals surface area contributed by atoms with Crippen molar-refractivity contribution in [1.29, 1.82) is 0 Å². The van der Waals surface area contributed by atoms with Gasteiger partial charge in [-0.1, -0.05) is 55.5 Å². The quantitative estimate of drug-likeness (QED) is 0.389. The average molecular weight is 485 g/mol. The zero-order valence-corrected chi connectivity index (χ0v) is 20.4. The van der Waals surface area contributed by atoms with Crippen LogP contribution in [0.25, 0.3) is 11.1 Å². The van der Waals surface area contributed by atoms with Crippen molar-refractivity contribution in [3.63, 3.8) is 0 Å². The fourth-order valence-electron chi connectivity index (χ4n) is 4.15. The third-order valence-electron chi connectivity index (χ3n) is 6.10. The number of carbonyl (C=O) groups excluding carboxylic acids is 2. The van der Waals surface area contributed by atoms with E-state index in [0.29, 0.717) is 31.6 Å². The van der Waals surface area contributed by atoms with E-state index in [-0.39, 0.29) is 18.4 Å². The number of amides is 2. The molecule has 0 aliphatic heterocycles. The molecule has 2 amide bonds. The zero-order chi connectivity index (χ0) is 24.5. The van der Waals surface area contributed by atoms with Gasteiger partial charge in [-0.3, -0.25) is 9.59 Å². The molecule has 1 aliphatic carbocycles. The van der Waals surface area contributed by atoms with Gasteiger partial charge in [-0.05, 0) is 53.5 Å². The normalized spacial score (nSPS) is 13.9. The van der Waals surface area contributed by atoms with Crippen LogP contribution in [0.5, 0.6) is 0 Å². The molecule has 1 unspecified atom stereocenters. The number of carboxylic acids is 1. The smallest absolute Gasteiger partial charge is 0.407 e. The second kappa shape index (κ2) is 12.5. The van der Waals surface area contributed by atoms with Gasteiger partial charge >= 0.3 is 12.1 Å². The highest BCUT2D eigenvalue weighted by Crippen LogP contribution is 2.44. The molecule has 3 rings (SSSR count). The lowest BCUT2D eigenvalue weighted by molar-refractivity contribution is -0.141. The van der Waals surface area contributed by atoms with Crippen LogP contribution in [0.1, 0.15) is 43.2 Å². The van der Waals surface area contributed by atoms with Gasteiger partial charge in [0.2, 0.25) is 5.91 Å². The molecule has 34 heavy (non-hydrogen) atoms. The van der Waals surface area contributed by atoms with Crippen LogP contribution in [0.4, 0.5) is 4.79 Å². The van der Waals surface area contributed by atoms with E-state index in [1.54, 1.807) is 18.7 Å². The molecule has 2 atom stereocenters. The van der Waals surface area contributed by atoms with E-state index in [0.717, 1.165) is 22.3 Å². The van der Waals surface area contributed by atoms with E-state index in [9.17, 15) is 14.4 Å². The maximum Gasteiger partial charge on any atom is 0.407 e. The highest BCUT2D eigenvalue weighted by Gasteiger charge is 2.29. The van der Waals surface area contributed by atoms with Crippen LogP contribution < -0.4 is 10.6 Å². The van der Waals surface area contributed by atoms with Crippen LogP contribution in [0.2, 0.25) is 0 Å². The second-order valence-electron chi connectivity index (χ2n) is 8.48. The van der Waals surface area contributed by atoms with Gasteiger partial charge < -0.3 is 20.5 Å². The molecule has 0 spiro atoms. The standard InChI is InChI=1S/C26H32N2O5S/c1-17(25(30)31)8-7-14-27-24(29)23(13-15-34-2)28-26(32)33-16-22-20-11-5-3-9-18(20)19-10-4-6-12-21(19)22/h3-6,9-12,17,22-23H,7-8,13-16H2,1-2H3,(H,27,29)(H,28,32)(H,30,31)/t17?,23-/m1/s1. The first-order chi connectivity index (χ1) is 16.4. The lowest BCUT2D eigenvalue weighted by Crippen LogP contribution is -2.47. The first-order valence-electron chi connectivity index (χ1n) is 11.5. The fraction of sp³-hybridized carbons (Fsp3) is 0.423. The molecule has 3 N–H and O–H groups in total. The molecule has 1 aliphatic rings. The average Bonchev–Trinajstić information content (AvgIpc) is 3.16. The summed E-state index contributed by atoms with van der Waals surface area (Å²) in [5, 5.41) is 14.5. The Balaban J connectivity index is 1.55. The number of carbonyl (C=O) groups is 3. The highest BCUT2D eigenvalue weighted by molar-refractivity contribution is 7.98. The van der Waals surface area contributed by atoms with E-state index in [1.807, 2.05) is 30.5 Å². The lowest BCUT2D eigenvalue weighted by Gasteiger charge is -2.19. The van der Waals surface area contributed by atoms with Crippen LogP contribution in [0, 0.1) is 5.92 Å². The Morgan fingerprint density at radius 2 is 1.65 bits per heavy atom. The molecule has 0 saturated carbocycles. The van der Waals surface area contributed by atoms with Crippen LogP contribution in [0.15, 0.2) is 48.5 Å². The Hall–Kier alpha value is -3.00. The van der Waals surface area contributed by atoms with Crippen molar-refractivity contribution in [3.05, 3.63) is 59.7 Å². The summed E-state index contributed by atoms with van der Waals surface area (Å²) < 4.78 is 5.58. The molecule has 7 nitrogen and oxygen atoms in total. The van der Waals surface area contributed by atoms with Crippen molar-refractivity contribution < 1.29 is 24.2 Å². The predicted molar refractivity (Wildman–Crippen MR) is 134 cm³/mol. The third kappa shape index (κ3) is 6.53. The van der Waals surface area contributed by atoms with Crippen molar-refractivity contribution in [2.75, 3.05) is 25.2 Å². The molecule has 0 heterocycles. The Morgan fingerprint density at radius 3 is 2.24 bits per heavy atom. The molecule has 8 heteroatoms. The van der Waals surface area contributed by atoms with Gasteiger partial charge in [-0.2, -0.15) is 11.8 Å². The van der Waals surface area contributed by atoms with Crippen molar-refractivity contribution >= 4 is 29.7 Å². The number of alkyl carbamates (subject to hydrolysis) is 1. The highest BCUT2D eigenvalue weighted by atomic mass is 32.2. The number of rotatable bonds is 12. The summed E-state index contributed by atoms with van der Waals surface area (Å²) in [6.45, 7) is 2.19.